The van der Waals surface area contributed by atoms with Crippen molar-refractivity contribution in [2.75, 3.05) is 6.61 Å². The molecule has 0 aromatic rings. The molecule has 76 valence electrons. The van der Waals surface area contributed by atoms with Crippen molar-refractivity contribution in [1.82, 2.24) is 0 Å². The molecule has 0 fully saturated rings. The van der Waals surface area contributed by atoms with Crippen molar-refractivity contribution in [2.45, 2.75) is 33.2 Å². The van der Waals surface area contributed by atoms with E-state index in [0.717, 1.165) is 5.57 Å². The molecular weight excluding hydrogens is 166 g/mol. The molecule has 0 spiro atoms. The van der Waals surface area contributed by atoms with E-state index in [2.05, 4.69) is 6.58 Å². The van der Waals surface area contributed by atoms with Crippen molar-refractivity contribution >= 4 is 5.97 Å². The van der Waals surface area contributed by atoms with Gasteiger partial charge in [0.25, 0.3) is 0 Å². The zero-order valence-corrected chi connectivity index (χ0v) is 8.67. The van der Waals surface area contributed by atoms with E-state index < -0.39 is 6.04 Å². The van der Waals surface area contributed by atoms with E-state index in [1.54, 1.807) is 6.92 Å². The predicted octanol–water partition coefficient (Wildman–Crippen LogP) is 1.48. The van der Waals surface area contributed by atoms with E-state index in [1.165, 1.54) is 0 Å². The van der Waals surface area contributed by atoms with E-state index in [1.807, 2.05) is 13.8 Å². The summed E-state index contributed by atoms with van der Waals surface area (Å²) in [5, 5.41) is 0. The van der Waals surface area contributed by atoms with E-state index in [9.17, 15) is 4.79 Å². The molecule has 0 aromatic carbocycles. The largest absolute Gasteiger partial charge is 0.460 e. The predicted molar refractivity (Wildman–Crippen MR) is 53.2 cm³/mol. The van der Waals surface area contributed by atoms with Crippen LogP contribution < -0.4 is 5.73 Å². The van der Waals surface area contributed by atoms with Gasteiger partial charge in [0.15, 0.2) is 0 Å². The van der Waals surface area contributed by atoms with Crippen molar-refractivity contribution in [3.63, 3.8) is 0 Å². The van der Waals surface area contributed by atoms with Crippen molar-refractivity contribution < 1.29 is 9.53 Å². The maximum Gasteiger partial charge on any atom is 0.323 e. The third-order valence-electron chi connectivity index (χ3n) is 1.49. The third kappa shape index (κ3) is 6.34. The Labute approximate surface area is 79.9 Å². The number of esters is 1. The summed E-state index contributed by atoms with van der Waals surface area (Å²) in [7, 11) is 0. The molecule has 0 aliphatic carbocycles. The molecule has 0 saturated carbocycles. The number of rotatable bonds is 5. The summed E-state index contributed by atoms with van der Waals surface area (Å²) in [5.41, 5.74) is 6.42. The van der Waals surface area contributed by atoms with Gasteiger partial charge in [-0.2, -0.15) is 0 Å². The van der Waals surface area contributed by atoms with Gasteiger partial charge in [0.05, 0.1) is 0 Å². The van der Waals surface area contributed by atoms with E-state index in [4.69, 9.17) is 10.5 Å². The molecule has 3 heteroatoms. The molecule has 1 atom stereocenters. The van der Waals surface area contributed by atoms with Gasteiger partial charge in [-0.15, -0.1) is 0 Å². The fourth-order valence-electron chi connectivity index (χ4n) is 0.905. The second-order valence-corrected chi connectivity index (χ2v) is 3.80. The van der Waals surface area contributed by atoms with Crippen LogP contribution in [0.2, 0.25) is 0 Å². The van der Waals surface area contributed by atoms with Gasteiger partial charge in [0.2, 0.25) is 0 Å². The lowest BCUT2D eigenvalue weighted by molar-refractivity contribution is -0.144. The molecule has 0 rings (SSSR count). The smallest absolute Gasteiger partial charge is 0.323 e. The Hall–Kier alpha value is -0.830. The van der Waals surface area contributed by atoms with Crippen LogP contribution in [0, 0.1) is 5.92 Å². The molecule has 0 unspecified atom stereocenters. The highest BCUT2D eigenvalue weighted by molar-refractivity contribution is 5.75. The molecule has 0 bridgehead atoms. The van der Waals surface area contributed by atoms with Gasteiger partial charge in [0.1, 0.15) is 12.6 Å². The van der Waals surface area contributed by atoms with Gasteiger partial charge in [-0.25, -0.2) is 0 Å². The zero-order valence-electron chi connectivity index (χ0n) is 8.67. The van der Waals surface area contributed by atoms with Crippen molar-refractivity contribution in [2.24, 2.45) is 11.7 Å². The SMILES string of the molecule is C=C(C)COC(=O)[C@@H](N)CC(C)C. The Morgan fingerprint density at radius 2 is 2.08 bits per heavy atom. The van der Waals surface area contributed by atoms with Gasteiger partial charge < -0.3 is 10.5 Å². The van der Waals surface area contributed by atoms with Crippen LogP contribution in [0.3, 0.4) is 0 Å². The first-order valence-corrected chi connectivity index (χ1v) is 4.50. The summed E-state index contributed by atoms with van der Waals surface area (Å²) in [6.07, 6.45) is 0.662. The summed E-state index contributed by atoms with van der Waals surface area (Å²) in [5.74, 6) is 0.0732. The minimum absolute atomic E-state index is 0.268. The summed E-state index contributed by atoms with van der Waals surface area (Å²) < 4.78 is 4.90. The fraction of sp³-hybridized carbons (Fsp3) is 0.700. The first-order chi connectivity index (χ1) is 5.93. The van der Waals surface area contributed by atoms with Crippen LogP contribution in [0.1, 0.15) is 27.2 Å². The monoisotopic (exact) mass is 185 g/mol. The third-order valence-corrected chi connectivity index (χ3v) is 1.49. The highest BCUT2D eigenvalue weighted by Crippen LogP contribution is 2.04. The number of nitrogens with two attached hydrogens (primary N) is 1. The lowest BCUT2D eigenvalue weighted by Crippen LogP contribution is -2.33. The second-order valence-electron chi connectivity index (χ2n) is 3.80. The Morgan fingerprint density at radius 1 is 1.54 bits per heavy atom. The fourth-order valence-corrected chi connectivity index (χ4v) is 0.905. The maximum absolute atomic E-state index is 11.2. The Balaban J connectivity index is 3.76. The van der Waals surface area contributed by atoms with Crippen LogP contribution in [0.15, 0.2) is 12.2 Å². The number of carbonyl (C=O) groups is 1. The molecule has 0 amide bonds. The molecule has 2 N–H and O–H groups in total. The summed E-state index contributed by atoms with van der Waals surface area (Å²) in [4.78, 5) is 11.2. The topological polar surface area (TPSA) is 52.3 Å². The number of ether oxygens (including phenoxy) is 1. The Kier molecular flexibility index (Phi) is 5.39. The molecule has 0 heterocycles. The van der Waals surface area contributed by atoms with Gasteiger partial charge in [-0.3, -0.25) is 4.79 Å². The molecular formula is C10H19NO2. The zero-order chi connectivity index (χ0) is 10.4. The minimum atomic E-state index is -0.501. The Bertz CT molecular complexity index is 187. The Morgan fingerprint density at radius 3 is 2.46 bits per heavy atom. The number of hydrogen-bond acceptors (Lipinski definition) is 3. The van der Waals surface area contributed by atoms with Crippen LogP contribution >= 0.6 is 0 Å². The van der Waals surface area contributed by atoms with Crippen molar-refractivity contribution in [3.05, 3.63) is 12.2 Å². The standard InChI is InChI=1S/C10H19NO2/c1-7(2)5-9(11)10(12)13-6-8(3)4/h7,9H,3,5-6,11H2,1-2,4H3/t9-/m0/s1. The van der Waals surface area contributed by atoms with Crippen LogP contribution in [0.25, 0.3) is 0 Å². The van der Waals surface area contributed by atoms with Crippen LogP contribution in [-0.4, -0.2) is 18.6 Å². The van der Waals surface area contributed by atoms with Crippen molar-refractivity contribution in [3.8, 4) is 0 Å². The summed E-state index contributed by atoms with van der Waals surface area (Å²) in [6, 6.07) is -0.501. The average molecular weight is 185 g/mol. The number of carbonyl (C=O) groups excluding carboxylic acids is 1. The highest BCUT2D eigenvalue weighted by atomic mass is 16.5. The van der Waals surface area contributed by atoms with Gasteiger partial charge in [-0.05, 0) is 24.8 Å². The van der Waals surface area contributed by atoms with Gasteiger partial charge in [0, 0.05) is 0 Å². The molecule has 0 radical (unpaired) electrons. The average Bonchev–Trinajstić information content (AvgIpc) is 1.98. The summed E-state index contributed by atoms with van der Waals surface area (Å²) in [6.45, 7) is 9.74. The molecule has 3 nitrogen and oxygen atoms in total. The lowest BCUT2D eigenvalue weighted by atomic mass is 10.1. The van der Waals surface area contributed by atoms with E-state index in [0.29, 0.717) is 12.3 Å². The van der Waals surface area contributed by atoms with Gasteiger partial charge >= 0.3 is 5.97 Å². The van der Waals surface area contributed by atoms with Gasteiger partial charge in [-0.1, -0.05) is 20.4 Å². The normalized spacial score (nSPS) is 12.7. The minimum Gasteiger partial charge on any atom is -0.460 e. The molecule has 0 saturated heterocycles. The van der Waals surface area contributed by atoms with E-state index >= 15 is 0 Å². The lowest BCUT2D eigenvalue weighted by Gasteiger charge is -2.13. The van der Waals surface area contributed by atoms with Crippen molar-refractivity contribution in [1.29, 1.82) is 0 Å². The highest BCUT2D eigenvalue weighted by Gasteiger charge is 2.15. The molecule has 13 heavy (non-hydrogen) atoms. The maximum atomic E-state index is 11.2. The second kappa shape index (κ2) is 5.75. The van der Waals surface area contributed by atoms with E-state index in [-0.39, 0.29) is 12.6 Å². The first kappa shape index (κ1) is 12.2. The van der Waals surface area contributed by atoms with Crippen LogP contribution in [0.5, 0.6) is 0 Å². The number of hydrogen-bond donors (Lipinski definition) is 1. The van der Waals surface area contributed by atoms with Crippen LogP contribution in [0.4, 0.5) is 0 Å². The first-order valence-electron chi connectivity index (χ1n) is 4.50. The van der Waals surface area contributed by atoms with Crippen LogP contribution in [-0.2, 0) is 9.53 Å². The molecule has 0 aliphatic heterocycles. The summed E-state index contributed by atoms with van der Waals surface area (Å²) >= 11 is 0. The molecule has 0 aromatic heterocycles. The molecule has 0 aliphatic rings. The quantitative estimate of drug-likeness (QED) is 0.521.